The molecule has 0 fully saturated rings. The van der Waals surface area contributed by atoms with E-state index in [1.165, 1.54) is 0 Å². The van der Waals surface area contributed by atoms with E-state index in [1.807, 2.05) is 0 Å². The minimum atomic E-state index is -4.67. The van der Waals surface area contributed by atoms with Crippen molar-refractivity contribution >= 4 is 57.3 Å². The van der Waals surface area contributed by atoms with E-state index in [-0.39, 0.29) is 57.2 Å². The van der Waals surface area contributed by atoms with Crippen molar-refractivity contribution in [3.63, 3.8) is 0 Å². The summed E-state index contributed by atoms with van der Waals surface area (Å²) in [4.78, 5) is 0. The van der Waals surface area contributed by atoms with Crippen LogP contribution in [0, 0.1) is 0 Å². The Hall–Kier alpha value is 1.85. The standard InChI is InChI=1S/Ca.H2O4S.HOP.Zn.2H/c;1-5(2,3)4;1-2;;;/h;(H2,1,2,3,4);2H;;;. The second kappa shape index (κ2) is 12.5. The maximum Gasteiger partial charge on any atom is 0 e. The van der Waals surface area contributed by atoms with Gasteiger partial charge in [-0.05, 0) is 0 Å². The first-order valence-corrected chi connectivity index (χ1v) is 2.71. The van der Waals surface area contributed by atoms with Crippen LogP contribution in [0.5, 0.6) is 0 Å². The van der Waals surface area contributed by atoms with Crippen molar-refractivity contribution in [2.24, 2.45) is 0 Å². The third kappa shape index (κ3) is 177. The van der Waals surface area contributed by atoms with E-state index in [2.05, 4.69) is 0 Å². The number of rotatable bonds is 0. The quantitative estimate of drug-likeness (QED) is 0.325. The van der Waals surface area contributed by atoms with Gasteiger partial charge in [0.25, 0.3) is 0 Å². The summed E-state index contributed by atoms with van der Waals surface area (Å²) in [5.41, 5.74) is 0. The normalized spacial score (nSPS) is 6.89. The topological polar surface area (TPSA) is 91.7 Å². The van der Waals surface area contributed by atoms with Crippen LogP contribution in [-0.4, -0.2) is 55.3 Å². The Morgan fingerprint density at radius 1 is 1.11 bits per heavy atom. The molecule has 0 spiro atoms. The Morgan fingerprint density at radius 2 is 1.11 bits per heavy atom. The van der Waals surface area contributed by atoms with Crippen molar-refractivity contribution < 1.29 is 41.6 Å². The first-order chi connectivity index (χ1) is 3.00. The molecule has 0 saturated carbocycles. The monoisotopic (exact) mass is 252 g/mol. The van der Waals surface area contributed by atoms with Crippen molar-refractivity contribution in [1.29, 1.82) is 0 Å². The fourth-order valence-corrected chi connectivity index (χ4v) is 0. The average Bonchev–Trinajstić information content (AvgIpc) is 1.36. The molecule has 5 nitrogen and oxygen atoms in total. The molecule has 50 valence electrons. The third-order valence-electron chi connectivity index (χ3n) is 0. The zero-order chi connectivity index (χ0) is 6.50. The van der Waals surface area contributed by atoms with Gasteiger partial charge in [0.05, 0.1) is 0 Å². The molecular weight excluding hydrogens is 249 g/mol. The van der Waals surface area contributed by atoms with Gasteiger partial charge >= 0.3 is 48.1 Å². The van der Waals surface area contributed by atoms with Crippen molar-refractivity contribution in [3.05, 3.63) is 0 Å². The molecule has 0 amide bonds. The molecule has 0 aromatic carbocycles. The van der Waals surface area contributed by atoms with Crippen LogP contribution < -0.4 is 0 Å². The number of hydrogen-bond donors (Lipinski definition) is 2. The Balaban J connectivity index is -0.0000000286. The summed E-state index contributed by atoms with van der Waals surface area (Å²) in [6.07, 6.45) is 0. The van der Waals surface area contributed by atoms with Crippen LogP contribution in [0.2, 0.25) is 0 Å². The van der Waals surface area contributed by atoms with Gasteiger partial charge < -0.3 is 0 Å². The van der Waals surface area contributed by atoms with Crippen LogP contribution in [0.25, 0.3) is 0 Å². The van der Waals surface area contributed by atoms with Crippen LogP contribution in [-0.2, 0) is 34.4 Å². The van der Waals surface area contributed by atoms with Crippen LogP contribution >= 0.6 is 9.12 Å². The van der Waals surface area contributed by atoms with Gasteiger partial charge in [-0.1, -0.05) is 0 Å². The Bertz CT molecular complexity index is 111. The minimum absolute atomic E-state index is 0. The molecular formula is H5CaO5PSZn. The molecule has 0 heterocycles. The first-order valence-electron chi connectivity index (χ1n) is 0.903. The van der Waals surface area contributed by atoms with Crippen molar-refractivity contribution in [2.75, 3.05) is 0 Å². The number of hydrogen-bond acceptors (Lipinski definition) is 3. The van der Waals surface area contributed by atoms with Crippen LogP contribution in [0.15, 0.2) is 0 Å². The molecule has 0 unspecified atom stereocenters. The van der Waals surface area contributed by atoms with Crippen molar-refractivity contribution in [2.45, 2.75) is 0 Å². The summed E-state index contributed by atoms with van der Waals surface area (Å²) in [5, 5.41) is 0. The van der Waals surface area contributed by atoms with E-state index in [0.717, 1.165) is 0 Å². The summed E-state index contributed by atoms with van der Waals surface area (Å²) >= 11 is 0. The average molecular weight is 254 g/mol. The fraction of sp³-hybridized carbons (Fsp3) is 0. The second-order valence-electron chi connectivity index (χ2n) is 0.448. The van der Waals surface area contributed by atoms with Gasteiger partial charge in [0.1, 0.15) is 9.12 Å². The zero-order valence-electron chi connectivity index (χ0n) is 3.73. The third-order valence-corrected chi connectivity index (χ3v) is 0. The summed E-state index contributed by atoms with van der Waals surface area (Å²) in [6, 6.07) is 0. The van der Waals surface area contributed by atoms with Crippen LogP contribution in [0.1, 0.15) is 0 Å². The molecule has 0 aromatic rings. The van der Waals surface area contributed by atoms with Gasteiger partial charge in [-0.3, -0.25) is 13.7 Å². The molecule has 0 aromatic heterocycles. The first kappa shape index (κ1) is 22.4. The Labute approximate surface area is 97.5 Å². The molecule has 0 rings (SSSR count). The molecule has 0 atom stereocenters. The van der Waals surface area contributed by atoms with Crippen molar-refractivity contribution in [1.82, 2.24) is 0 Å². The largest absolute Gasteiger partial charge is 0 e. The van der Waals surface area contributed by atoms with Gasteiger partial charge in [0.2, 0.25) is 0 Å². The van der Waals surface area contributed by atoms with E-state index in [1.54, 1.807) is 9.12 Å². The van der Waals surface area contributed by atoms with Crippen LogP contribution in [0.3, 0.4) is 0 Å². The van der Waals surface area contributed by atoms with Gasteiger partial charge in [-0.2, -0.15) is 8.42 Å². The zero-order valence-corrected chi connectivity index (χ0v) is 8.52. The molecule has 0 aliphatic rings. The second-order valence-corrected chi connectivity index (χ2v) is 1.34. The van der Waals surface area contributed by atoms with E-state index in [4.69, 9.17) is 22.1 Å². The van der Waals surface area contributed by atoms with E-state index < -0.39 is 10.4 Å². The molecule has 0 bridgehead atoms. The molecule has 0 aliphatic carbocycles. The summed E-state index contributed by atoms with van der Waals surface area (Å²) in [7, 11) is -2.94. The SMILES string of the molecule is O=P.O=S(=O)(O)O.[CaH2].[Zn]. The molecule has 0 aliphatic heterocycles. The molecule has 9 heteroatoms. The van der Waals surface area contributed by atoms with Crippen molar-refractivity contribution in [3.8, 4) is 0 Å². The summed E-state index contributed by atoms with van der Waals surface area (Å²) < 4.78 is 39.6. The van der Waals surface area contributed by atoms with Crippen LogP contribution in [0.4, 0.5) is 0 Å². The van der Waals surface area contributed by atoms with Gasteiger partial charge in [-0.25, -0.2) is 0 Å². The van der Waals surface area contributed by atoms with E-state index in [9.17, 15) is 0 Å². The summed E-state index contributed by atoms with van der Waals surface area (Å²) in [6.45, 7) is 0. The predicted octanol–water partition coefficient (Wildman–Crippen LogP) is -1.10. The van der Waals surface area contributed by atoms with Gasteiger partial charge in [0.15, 0.2) is 0 Å². The minimum Gasteiger partial charge on any atom is 0 e. The van der Waals surface area contributed by atoms with E-state index >= 15 is 0 Å². The Morgan fingerprint density at radius 3 is 1.11 bits per heavy atom. The summed E-state index contributed by atoms with van der Waals surface area (Å²) in [5.74, 6) is 0. The molecule has 2 N–H and O–H groups in total. The Kier molecular flexibility index (Phi) is 31.2. The predicted molar refractivity (Wildman–Crippen MR) is 31.7 cm³/mol. The molecule has 0 saturated heterocycles. The van der Waals surface area contributed by atoms with Gasteiger partial charge in [-0.15, -0.1) is 0 Å². The maximum atomic E-state index is 8.74. The fourth-order valence-electron chi connectivity index (χ4n) is 0. The molecule has 0 radical (unpaired) electrons. The van der Waals surface area contributed by atoms with Gasteiger partial charge in [0, 0.05) is 19.5 Å². The smallest absolute Gasteiger partial charge is 0 e. The maximum absolute atomic E-state index is 8.74. The molecule has 9 heavy (non-hydrogen) atoms. The van der Waals surface area contributed by atoms with E-state index in [0.29, 0.717) is 0 Å².